The third kappa shape index (κ3) is 3.86. The van der Waals surface area contributed by atoms with Gasteiger partial charge in [-0.25, -0.2) is 4.79 Å². The lowest BCUT2D eigenvalue weighted by atomic mass is 10.2. The monoisotopic (exact) mass is 330 g/mol. The van der Waals surface area contributed by atoms with Crippen molar-refractivity contribution in [2.45, 2.75) is 13.0 Å². The second kappa shape index (κ2) is 7.23. The third-order valence-corrected chi connectivity index (χ3v) is 3.14. The van der Waals surface area contributed by atoms with Crippen molar-refractivity contribution in [1.29, 1.82) is 0 Å². The first-order valence-corrected chi connectivity index (χ1v) is 6.93. The van der Waals surface area contributed by atoms with Crippen LogP contribution in [0.5, 0.6) is 5.75 Å². The van der Waals surface area contributed by atoms with Crippen molar-refractivity contribution in [2.75, 3.05) is 5.32 Å². The molecule has 8 heteroatoms. The highest BCUT2D eigenvalue weighted by Crippen LogP contribution is 2.23. The number of amides is 1. The summed E-state index contributed by atoms with van der Waals surface area (Å²) in [5, 5.41) is 22.8. The van der Waals surface area contributed by atoms with E-state index in [1.165, 1.54) is 55.5 Å². The van der Waals surface area contributed by atoms with Gasteiger partial charge in [0.15, 0.2) is 6.10 Å². The molecule has 24 heavy (non-hydrogen) atoms. The molecule has 0 aliphatic heterocycles. The maximum Gasteiger partial charge on any atom is 0.342 e. The summed E-state index contributed by atoms with van der Waals surface area (Å²) in [6.45, 7) is 1.32. The summed E-state index contributed by atoms with van der Waals surface area (Å²) in [5.74, 6) is -1.87. The summed E-state index contributed by atoms with van der Waals surface area (Å²) in [5.41, 5.74) is -0.356. The van der Waals surface area contributed by atoms with Gasteiger partial charge < -0.3 is 15.2 Å². The highest BCUT2D eigenvalue weighted by molar-refractivity contribution is 5.99. The van der Waals surface area contributed by atoms with E-state index < -0.39 is 22.9 Å². The van der Waals surface area contributed by atoms with E-state index in [9.17, 15) is 24.8 Å². The molecule has 0 unspecified atom stereocenters. The molecule has 0 aromatic heterocycles. The van der Waals surface area contributed by atoms with E-state index in [1.807, 2.05) is 0 Å². The van der Waals surface area contributed by atoms with Crippen LogP contribution < -0.4 is 5.32 Å². The largest absolute Gasteiger partial charge is 0.507 e. The normalized spacial score (nSPS) is 11.4. The number of benzene rings is 2. The molecule has 0 saturated carbocycles. The lowest BCUT2D eigenvalue weighted by Crippen LogP contribution is -2.30. The first-order valence-electron chi connectivity index (χ1n) is 6.93. The van der Waals surface area contributed by atoms with Crippen LogP contribution in [0.4, 0.5) is 11.4 Å². The van der Waals surface area contributed by atoms with Crippen molar-refractivity contribution in [3.63, 3.8) is 0 Å². The lowest BCUT2D eigenvalue weighted by molar-refractivity contribution is -0.383. The summed E-state index contributed by atoms with van der Waals surface area (Å²) >= 11 is 0. The Bertz CT molecular complexity index is 790. The molecular formula is C16H14N2O6. The zero-order valence-electron chi connectivity index (χ0n) is 12.6. The Morgan fingerprint density at radius 1 is 1.17 bits per heavy atom. The van der Waals surface area contributed by atoms with Crippen LogP contribution in [0.2, 0.25) is 0 Å². The molecule has 2 rings (SSSR count). The van der Waals surface area contributed by atoms with Gasteiger partial charge in [-0.05, 0) is 25.1 Å². The first kappa shape index (κ1) is 16.9. The number of para-hydroxylation sites is 3. The van der Waals surface area contributed by atoms with Crippen LogP contribution in [0.3, 0.4) is 0 Å². The summed E-state index contributed by atoms with van der Waals surface area (Å²) in [6.07, 6.45) is -1.21. The van der Waals surface area contributed by atoms with Gasteiger partial charge in [0.05, 0.1) is 4.92 Å². The molecule has 2 N–H and O–H groups in total. The molecule has 0 bridgehead atoms. The van der Waals surface area contributed by atoms with Crippen LogP contribution in [0.1, 0.15) is 17.3 Å². The van der Waals surface area contributed by atoms with Crippen LogP contribution >= 0.6 is 0 Å². The van der Waals surface area contributed by atoms with Crippen LogP contribution in [0.25, 0.3) is 0 Å². The van der Waals surface area contributed by atoms with E-state index in [0.717, 1.165) is 0 Å². The van der Waals surface area contributed by atoms with E-state index in [-0.39, 0.29) is 22.7 Å². The number of esters is 1. The van der Waals surface area contributed by atoms with Crippen molar-refractivity contribution in [3.05, 3.63) is 64.2 Å². The van der Waals surface area contributed by atoms with Crippen LogP contribution in [0, 0.1) is 10.1 Å². The molecule has 8 nitrogen and oxygen atoms in total. The number of rotatable bonds is 5. The molecule has 0 radical (unpaired) electrons. The summed E-state index contributed by atoms with van der Waals surface area (Å²) in [4.78, 5) is 34.3. The molecule has 0 aliphatic rings. The zero-order valence-corrected chi connectivity index (χ0v) is 12.6. The highest BCUT2D eigenvalue weighted by Gasteiger charge is 2.23. The van der Waals surface area contributed by atoms with Gasteiger partial charge in [-0.1, -0.05) is 24.3 Å². The third-order valence-electron chi connectivity index (χ3n) is 3.14. The first-order chi connectivity index (χ1) is 11.4. The number of nitro benzene ring substituents is 1. The van der Waals surface area contributed by atoms with Gasteiger partial charge in [0, 0.05) is 6.07 Å². The molecule has 0 saturated heterocycles. The molecular weight excluding hydrogens is 316 g/mol. The predicted octanol–water partition coefficient (Wildman–Crippen LogP) is 2.48. The van der Waals surface area contributed by atoms with Crippen molar-refractivity contribution in [1.82, 2.24) is 0 Å². The van der Waals surface area contributed by atoms with Crippen LogP contribution in [-0.4, -0.2) is 28.0 Å². The Hall–Kier alpha value is -3.42. The van der Waals surface area contributed by atoms with E-state index in [0.29, 0.717) is 0 Å². The number of hydrogen-bond acceptors (Lipinski definition) is 6. The number of phenolic OH excluding ortho intramolecular Hbond substituents is 1. The van der Waals surface area contributed by atoms with Gasteiger partial charge in [0.1, 0.15) is 17.0 Å². The van der Waals surface area contributed by atoms with E-state index in [4.69, 9.17) is 4.74 Å². The fourth-order valence-corrected chi connectivity index (χ4v) is 1.90. The molecule has 0 spiro atoms. The van der Waals surface area contributed by atoms with E-state index in [2.05, 4.69) is 5.32 Å². The number of carbonyl (C=O) groups is 2. The van der Waals surface area contributed by atoms with Gasteiger partial charge in [-0.15, -0.1) is 0 Å². The second-order valence-electron chi connectivity index (χ2n) is 4.83. The van der Waals surface area contributed by atoms with E-state index >= 15 is 0 Å². The number of nitrogens with zero attached hydrogens (tertiary/aromatic N) is 1. The average molecular weight is 330 g/mol. The minimum Gasteiger partial charge on any atom is -0.507 e. The maximum absolute atomic E-state index is 12.1. The zero-order chi connectivity index (χ0) is 17.7. The van der Waals surface area contributed by atoms with Gasteiger partial charge in [-0.3, -0.25) is 14.9 Å². The summed E-state index contributed by atoms with van der Waals surface area (Å²) in [7, 11) is 0. The van der Waals surface area contributed by atoms with Crippen molar-refractivity contribution in [2.24, 2.45) is 0 Å². The fraction of sp³-hybridized carbons (Fsp3) is 0.125. The number of nitro groups is 1. The predicted molar refractivity (Wildman–Crippen MR) is 84.7 cm³/mol. The Labute approximate surface area is 136 Å². The number of anilines is 1. The van der Waals surface area contributed by atoms with Crippen LogP contribution in [0.15, 0.2) is 48.5 Å². The Balaban J connectivity index is 2.07. The van der Waals surface area contributed by atoms with Crippen LogP contribution in [-0.2, 0) is 9.53 Å². The molecule has 1 amide bonds. The number of aromatic hydroxyl groups is 1. The van der Waals surface area contributed by atoms with E-state index in [1.54, 1.807) is 0 Å². The molecule has 0 heterocycles. The highest BCUT2D eigenvalue weighted by atomic mass is 16.6. The van der Waals surface area contributed by atoms with Crippen molar-refractivity contribution >= 4 is 23.3 Å². The molecule has 2 aromatic carbocycles. The minimum atomic E-state index is -1.21. The average Bonchev–Trinajstić information content (AvgIpc) is 2.55. The fourth-order valence-electron chi connectivity index (χ4n) is 1.90. The smallest absolute Gasteiger partial charge is 0.342 e. The summed E-state index contributed by atoms with van der Waals surface area (Å²) < 4.78 is 4.97. The summed E-state index contributed by atoms with van der Waals surface area (Å²) in [6, 6.07) is 11.3. The molecule has 124 valence electrons. The molecule has 1 atom stereocenters. The van der Waals surface area contributed by atoms with Gasteiger partial charge >= 0.3 is 5.97 Å². The van der Waals surface area contributed by atoms with Crippen molar-refractivity contribution < 1.29 is 24.4 Å². The number of carbonyl (C=O) groups excluding carboxylic acids is 2. The molecule has 0 aliphatic carbocycles. The second-order valence-corrected chi connectivity index (χ2v) is 4.83. The standard InChI is InChI=1S/C16H14N2O6/c1-10(24-16(21)11-6-2-5-9-14(11)19)15(20)17-12-7-3-4-8-13(12)18(22)23/h2-10,19H,1H3,(H,17,20)/t10-/m1/s1. The Morgan fingerprint density at radius 3 is 2.46 bits per heavy atom. The van der Waals surface area contributed by atoms with Gasteiger partial charge in [0.2, 0.25) is 0 Å². The van der Waals surface area contributed by atoms with Gasteiger partial charge in [-0.2, -0.15) is 0 Å². The van der Waals surface area contributed by atoms with Gasteiger partial charge in [0.25, 0.3) is 11.6 Å². The molecule has 2 aromatic rings. The minimum absolute atomic E-state index is 0.00189. The number of hydrogen-bond donors (Lipinski definition) is 2. The Morgan fingerprint density at radius 2 is 1.79 bits per heavy atom. The number of nitrogens with one attached hydrogen (secondary N) is 1. The number of ether oxygens (including phenoxy) is 1. The maximum atomic E-state index is 12.1. The topological polar surface area (TPSA) is 119 Å². The number of phenols is 1. The Kier molecular flexibility index (Phi) is 5.10. The van der Waals surface area contributed by atoms with Crippen molar-refractivity contribution in [3.8, 4) is 5.75 Å². The SMILES string of the molecule is C[C@@H](OC(=O)c1ccccc1O)C(=O)Nc1ccccc1[N+](=O)[O-]. The quantitative estimate of drug-likeness (QED) is 0.494. The molecule has 0 fully saturated rings. The lowest BCUT2D eigenvalue weighted by Gasteiger charge is -2.14.